The van der Waals surface area contributed by atoms with E-state index in [1.807, 2.05) is 22.6 Å². The van der Waals surface area contributed by atoms with Crippen LogP contribution in [-0.4, -0.2) is 9.49 Å². The quantitative estimate of drug-likeness (QED) is 0.358. The van der Waals surface area contributed by atoms with Gasteiger partial charge in [-0.15, -0.1) is 0 Å². The van der Waals surface area contributed by atoms with E-state index in [0.717, 1.165) is 0 Å². The minimum absolute atomic E-state index is 0.0491. The fourth-order valence-electron chi connectivity index (χ4n) is 0.850. The minimum Gasteiger partial charge on any atom is -0.319 e. The molecular weight excluding hydrogens is 342 g/mol. The molecule has 0 saturated heterocycles. The van der Waals surface area contributed by atoms with E-state index in [0.29, 0.717) is 0 Å². The van der Waals surface area contributed by atoms with Gasteiger partial charge in [-0.1, -0.05) is 29.1 Å². The summed E-state index contributed by atoms with van der Waals surface area (Å²) in [6.07, 6.45) is 1.27. The maximum absolute atomic E-state index is 10.5. The van der Waals surface area contributed by atoms with Crippen LogP contribution in [0.5, 0.6) is 0 Å². The predicted molar refractivity (Wildman–Crippen MR) is 62.9 cm³/mol. The van der Waals surface area contributed by atoms with Crippen LogP contribution >= 0.6 is 45.8 Å². The molecule has 0 atom stereocenters. The zero-order chi connectivity index (χ0) is 10.7. The first kappa shape index (κ1) is 11.6. The van der Waals surface area contributed by atoms with Crippen molar-refractivity contribution < 1.29 is 4.92 Å². The molecule has 14 heavy (non-hydrogen) atoms. The Morgan fingerprint density at radius 2 is 2.29 bits per heavy atom. The number of nitro groups is 1. The third-order valence-corrected chi connectivity index (χ3v) is 2.71. The van der Waals surface area contributed by atoms with E-state index in [1.54, 1.807) is 0 Å². The molecule has 1 rings (SSSR count). The van der Waals surface area contributed by atoms with Gasteiger partial charge in [-0.25, -0.2) is 0 Å². The molecule has 0 aliphatic heterocycles. The molecule has 0 saturated carbocycles. The summed E-state index contributed by atoms with van der Waals surface area (Å²) >= 11 is 13.3. The zero-order valence-corrected chi connectivity index (χ0v) is 10.3. The number of nitrogens with zero attached hydrogens (tertiary/aromatic N) is 2. The van der Waals surface area contributed by atoms with Crippen molar-refractivity contribution in [3.05, 3.63) is 26.5 Å². The Balaban J connectivity index is 3.12. The normalized spacial score (nSPS) is 9.36. The van der Waals surface area contributed by atoms with E-state index in [9.17, 15) is 10.1 Å². The fraction of sp³-hybridized carbons (Fsp3) is 0.143. The van der Waals surface area contributed by atoms with Crippen molar-refractivity contribution in [2.45, 2.75) is 6.54 Å². The van der Waals surface area contributed by atoms with Crippen molar-refractivity contribution in [1.29, 1.82) is 0 Å². The lowest BCUT2D eigenvalue weighted by molar-refractivity contribution is -0.384. The number of aromatic nitrogens is 1. The lowest BCUT2D eigenvalue weighted by Gasteiger charge is -1.94. The van der Waals surface area contributed by atoms with Crippen LogP contribution in [0.15, 0.2) is 6.20 Å². The molecule has 0 amide bonds. The molecule has 1 heterocycles. The summed E-state index contributed by atoms with van der Waals surface area (Å²) in [5.41, 5.74) is -0.202. The predicted octanol–water partition coefficient (Wildman–Crippen LogP) is 3.10. The Morgan fingerprint density at radius 3 is 2.71 bits per heavy atom. The molecule has 0 radical (unpaired) electrons. The molecule has 0 bridgehead atoms. The molecule has 1 aromatic rings. The lowest BCUT2D eigenvalue weighted by atomic mass is 10.5. The first-order valence-corrected chi connectivity index (χ1v) is 5.18. The van der Waals surface area contributed by atoms with E-state index in [-0.39, 0.29) is 22.4 Å². The Bertz CT molecular complexity index is 433. The standard InChI is InChI=1S/C7H3Cl2IN2O2/c8-6-5(12(13)14)4-11(7(6)9)3-1-2-10/h4H,3H2. The molecule has 74 valence electrons. The Hall–Kier alpha value is -0.450. The van der Waals surface area contributed by atoms with Crippen molar-refractivity contribution in [3.63, 3.8) is 0 Å². The van der Waals surface area contributed by atoms with E-state index < -0.39 is 4.92 Å². The smallest absolute Gasteiger partial charge is 0.307 e. The molecule has 0 aromatic carbocycles. The second-order valence-electron chi connectivity index (χ2n) is 2.28. The summed E-state index contributed by atoms with van der Waals surface area (Å²) in [5, 5.41) is 10.6. The molecular formula is C7H3Cl2IN2O2. The van der Waals surface area contributed by atoms with Crippen molar-refractivity contribution in [2.75, 3.05) is 0 Å². The van der Waals surface area contributed by atoms with Crippen molar-refractivity contribution in [2.24, 2.45) is 0 Å². The van der Waals surface area contributed by atoms with E-state index in [1.165, 1.54) is 10.8 Å². The molecule has 0 aliphatic rings. The van der Waals surface area contributed by atoms with Gasteiger partial charge >= 0.3 is 5.69 Å². The van der Waals surface area contributed by atoms with Crippen LogP contribution in [0.25, 0.3) is 0 Å². The van der Waals surface area contributed by atoms with Crippen molar-refractivity contribution >= 4 is 51.5 Å². The molecule has 0 spiro atoms. The Labute approximate surface area is 103 Å². The molecule has 1 aromatic heterocycles. The SMILES string of the molecule is O=[N+]([O-])c1cn(CC#CI)c(Cl)c1Cl. The summed E-state index contributed by atoms with van der Waals surface area (Å²) in [6, 6.07) is 0. The number of halogens is 3. The summed E-state index contributed by atoms with van der Waals surface area (Å²) in [6.45, 7) is 0.287. The topological polar surface area (TPSA) is 48.1 Å². The van der Waals surface area contributed by atoms with Gasteiger partial charge in [0, 0.05) is 22.6 Å². The Kier molecular flexibility index (Phi) is 4.04. The molecule has 0 fully saturated rings. The van der Waals surface area contributed by atoms with Gasteiger partial charge in [0.15, 0.2) is 5.02 Å². The Morgan fingerprint density at radius 1 is 1.64 bits per heavy atom. The summed E-state index contributed by atoms with van der Waals surface area (Å²) in [5.74, 6) is 2.72. The molecule has 0 N–H and O–H groups in total. The third kappa shape index (κ3) is 2.32. The maximum Gasteiger partial charge on any atom is 0.307 e. The lowest BCUT2D eigenvalue weighted by Crippen LogP contribution is -1.92. The average Bonchev–Trinajstić information content (AvgIpc) is 2.42. The summed E-state index contributed by atoms with van der Waals surface area (Å²) in [7, 11) is 0. The van der Waals surface area contributed by atoms with E-state index >= 15 is 0 Å². The van der Waals surface area contributed by atoms with E-state index in [4.69, 9.17) is 23.2 Å². The highest BCUT2D eigenvalue weighted by molar-refractivity contribution is 14.1. The van der Waals surface area contributed by atoms with Gasteiger partial charge in [-0.05, 0) is 3.93 Å². The average molecular weight is 345 g/mol. The van der Waals surface area contributed by atoms with Crippen LogP contribution in [0.3, 0.4) is 0 Å². The van der Waals surface area contributed by atoms with E-state index in [2.05, 4.69) is 9.85 Å². The molecule has 0 unspecified atom stereocenters. The molecule has 0 aliphatic carbocycles. The number of hydrogen-bond donors (Lipinski definition) is 0. The monoisotopic (exact) mass is 344 g/mol. The van der Waals surface area contributed by atoms with Crippen LogP contribution in [0.4, 0.5) is 5.69 Å². The van der Waals surface area contributed by atoms with Gasteiger partial charge in [0.05, 0.1) is 17.7 Å². The van der Waals surface area contributed by atoms with Gasteiger partial charge in [0.1, 0.15) is 5.15 Å². The van der Waals surface area contributed by atoms with Gasteiger partial charge in [0.2, 0.25) is 0 Å². The first-order valence-electron chi connectivity index (χ1n) is 3.35. The molecule has 4 nitrogen and oxygen atoms in total. The summed E-state index contributed by atoms with van der Waals surface area (Å²) < 4.78 is 4.05. The molecule has 7 heteroatoms. The highest BCUT2D eigenvalue weighted by Gasteiger charge is 2.20. The van der Waals surface area contributed by atoms with Crippen LogP contribution < -0.4 is 0 Å². The highest BCUT2D eigenvalue weighted by atomic mass is 127. The number of rotatable bonds is 2. The highest BCUT2D eigenvalue weighted by Crippen LogP contribution is 2.33. The van der Waals surface area contributed by atoms with Gasteiger partial charge < -0.3 is 4.57 Å². The van der Waals surface area contributed by atoms with Gasteiger partial charge in [-0.2, -0.15) is 0 Å². The minimum atomic E-state index is -0.581. The van der Waals surface area contributed by atoms with Crippen molar-refractivity contribution in [1.82, 2.24) is 4.57 Å². The summed E-state index contributed by atoms with van der Waals surface area (Å²) in [4.78, 5) is 9.89. The maximum atomic E-state index is 10.5. The van der Waals surface area contributed by atoms with Crippen LogP contribution in [0, 0.1) is 20.0 Å². The third-order valence-electron chi connectivity index (χ3n) is 1.45. The van der Waals surface area contributed by atoms with Gasteiger partial charge in [0.25, 0.3) is 0 Å². The van der Waals surface area contributed by atoms with Crippen LogP contribution in [0.2, 0.25) is 10.2 Å². The van der Waals surface area contributed by atoms with Gasteiger partial charge in [-0.3, -0.25) is 10.1 Å². The number of hydrogen-bond acceptors (Lipinski definition) is 2. The second-order valence-corrected chi connectivity index (χ2v) is 3.55. The largest absolute Gasteiger partial charge is 0.319 e. The van der Waals surface area contributed by atoms with Crippen molar-refractivity contribution in [3.8, 4) is 9.85 Å². The fourth-order valence-corrected chi connectivity index (χ4v) is 1.45. The van der Waals surface area contributed by atoms with Crippen LogP contribution in [0.1, 0.15) is 0 Å². The zero-order valence-electron chi connectivity index (χ0n) is 6.63. The first-order chi connectivity index (χ1) is 6.57. The van der Waals surface area contributed by atoms with Crippen LogP contribution in [-0.2, 0) is 6.54 Å². The second kappa shape index (κ2) is 4.87.